The Balaban J connectivity index is 0.000000131. The Morgan fingerprint density at radius 3 is 0.833 bits per heavy atom. The van der Waals surface area contributed by atoms with Crippen molar-refractivity contribution in [2.24, 2.45) is 0 Å². The van der Waals surface area contributed by atoms with E-state index >= 15 is 0 Å². The molecule has 0 spiro atoms. The molecular formula is C26H20O4. The molecule has 0 amide bonds. The van der Waals surface area contributed by atoms with E-state index in [0.717, 1.165) is 0 Å². The van der Waals surface area contributed by atoms with Crippen LogP contribution in [0.15, 0.2) is 109 Å². The van der Waals surface area contributed by atoms with Crippen LogP contribution in [0.1, 0.15) is 20.7 Å². The number of hydrogen-bond acceptors (Lipinski definition) is 2. The standard InChI is InChI=1S/C12H8.2C7H6O2/c1-2-6-10-9(5-1)11-7-3-4-8-12(10)11;2*8-7(9)6-4-2-1-3-5-6/h1-8H;2*1-5H,(H,8,9). The third-order valence-corrected chi connectivity index (χ3v) is 4.48. The first kappa shape index (κ1) is 20.6. The normalized spacial score (nSPS) is 9.87. The minimum Gasteiger partial charge on any atom is -0.478 e. The highest BCUT2D eigenvalue weighted by atomic mass is 16.4. The molecule has 4 aromatic carbocycles. The van der Waals surface area contributed by atoms with Gasteiger partial charge >= 0.3 is 11.9 Å². The Bertz CT molecular complexity index is 1150. The minimum absolute atomic E-state index is 0.331. The Morgan fingerprint density at radius 2 is 0.633 bits per heavy atom. The van der Waals surface area contributed by atoms with Gasteiger partial charge in [0.15, 0.2) is 0 Å². The lowest BCUT2D eigenvalue weighted by Gasteiger charge is -2.02. The van der Waals surface area contributed by atoms with E-state index in [2.05, 4.69) is 48.5 Å². The molecule has 0 saturated heterocycles. The van der Waals surface area contributed by atoms with E-state index in [1.165, 1.54) is 20.9 Å². The molecule has 4 aromatic rings. The van der Waals surface area contributed by atoms with Crippen LogP contribution in [0.2, 0.25) is 0 Å². The molecule has 5 rings (SSSR count). The molecule has 0 heterocycles. The maximum Gasteiger partial charge on any atom is 0.335 e. The van der Waals surface area contributed by atoms with E-state index < -0.39 is 11.9 Å². The third-order valence-electron chi connectivity index (χ3n) is 4.48. The zero-order valence-electron chi connectivity index (χ0n) is 16.1. The van der Waals surface area contributed by atoms with Crippen LogP contribution in [0.3, 0.4) is 0 Å². The topological polar surface area (TPSA) is 74.6 Å². The molecular weight excluding hydrogens is 376 g/mol. The number of carboxylic acids is 2. The number of rotatable bonds is 2. The van der Waals surface area contributed by atoms with Crippen molar-refractivity contribution in [2.45, 2.75) is 0 Å². The Kier molecular flexibility index (Phi) is 6.74. The van der Waals surface area contributed by atoms with Crippen LogP contribution in [0.4, 0.5) is 0 Å². The van der Waals surface area contributed by atoms with Crippen molar-refractivity contribution in [3.05, 3.63) is 141 Å². The SMILES string of the molecule is O=C(O)c1ccccc1.O=C(O)c1ccccc1.c1ccc2c(c1)=c1ccccc1=2. The summed E-state index contributed by atoms with van der Waals surface area (Å²) in [5, 5.41) is 22.4. The fourth-order valence-corrected chi connectivity index (χ4v) is 3.00. The fourth-order valence-electron chi connectivity index (χ4n) is 3.00. The summed E-state index contributed by atoms with van der Waals surface area (Å²) in [5.41, 5.74) is 0.662. The van der Waals surface area contributed by atoms with Gasteiger partial charge in [-0.1, -0.05) is 84.9 Å². The maximum atomic E-state index is 10.2. The number of benzene rings is 4. The van der Waals surface area contributed by atoms with Gasteiger partial charge in [-0.3, -0.25) is 0 Å². The fraction of sp³-hybridized carbons (Fsp3) is 0. The molecule has 30 heavy (non-hydrogen) atoms. The van der Waals surface area contributed by atoms with Crippen molar-refractivity contribution >= 4 is 11.9 Å². The number of aromatic carboxylic acids is 2. The number of fused-ring (bicyclic) bond motifs is 2. The van der Waals surface area contributed by atoms with Gasteiger partial charge in [-0.05, 0) is 45.1 Å². The van der Waals surface area contributed by atoms with Gasteiger partial charge in [-0.25, -0.2) is 9.59 Å². The summed E-state index contributed by atoms with van der Waals surface area (Å²) >= 11 is 0. The average Bonchev–Trinajstić information content (AvgIpc) is 2.79. The molecule has 0 radical (unpaired) electrons. The Labute approximate surface area is 173 Å². The van der Waals surface area contributed by atoms with Gasteiger partial charge in [0.1, 0.15) is 0 Å². The molecule has 0 atom stereocenters. The summed E-state index contributed by atoms with van der Waals surface area (Å²) in [6.45, 7) is 0. The zero-order chi connectivity index (χ0) is 21.3. The van der Waals surface area contributed by atoms with E-state index in [0.29, 0.717) is 11.1 Å². The molecule has 4 nitrogen and oxygen atoms in total. The third kappa shape index (κ3) is 5.00. The highest BCUT2D eigenvalue weighted by molar-refractivity contribution is 5.87. The molecule has 148 valence electrons. The lowest BCUT2D eigenvalue weighted by atomic mass is 10.0. The van der Waals surface area contributed by atoms with Crippen molar-refractivity contribution in [2.75, 3.05) is 0 Å². The highest BCUT2D eigenvalue weighted by Gasteiger charge is 1.98. The molecule has 0 aromatic heterocycles. The molecule has 0 unspecified atom stereocenters. The molecule has 2 N–H and O–H groups in total. The smallest absolute Gasteiger partial charge is 0.335 e. The van der Waals surface area contributed by atoms with Crippen molar-refractivity contribution in [1.82, 2.24) is 0 Å². The average molecular weight is 396 g/mol. The van der Waals surface area contributed by atoms with Crippen LogP contribution < -0.4 is 0 Å². The van der Waals surface area contributed by atoms with Gasteiger partial charge in [0.2, 0.25) is 0 Å². The van der Waals surface area contributed by atoms with Crippen LogP contribution >= 0.6 is 0 Å². The first-order valence-electron chi connectivity index (χ1n) is 9.33. The van der Waals surface area contributed by atoms with Crippen molar-refractivity contribution in [3.8, 4) is 0 Å². The van der Waals surface area contributed by atoms with E-state index in [1.54, 1.807) is 60.7 Å². The van der Waals surface area contributed by atoms with Crippen LogP contribution in [0, 0.1) is 20.9 Å². The lowest BCUT2D eigenvalue weighted by molar-refractivity contribution is 0.0686. The summed E-state index contributed by atoms with van der Waals surface area (Å²) in [5.74, 6) is -1.76. The van der Waals surface area contributed by atoms with E-state index in [4.69, 9.17) is 10.2 Å². The van der Waals surface area contributed by atoms with Crippen LogP contribution in [0.25, 0.3) is 0 Å². The predicted molar refractivity (Wildman–Crippen MR) is 115 cm³/mol. The first-order chi connectivity index (χ1) is 14.6. The molecule has 4 heteroatoms. The second kappa shape index (κ2) is 9.85. The van der Waals surface area contributed by atoms with Crippen molar-refractivity contribution in [3.63, 3.8) is 0 Å². The predicted octanol–water partition coefficient (Wildman–Crippen LogP) is 5.34. The summed E-state index contributed by atoms with van der Waals surface area (Å²) < 4.78 is 0. The van der Waals surface area contributed by atoms with Crippen molar-refractivity contribution < 1.29 is 19.8 Å². The quantitative estimate of drug-likeness (QED) is 0.422. The largest absolute Gasteiger partial charge is 0.478 e. The summed E-state index contributed by atoms with van der Waals surface area (Å²) in [7, 11) is 0. The van der Waals surface area contributed by atoms with Crippen molar-refractivity contribution in [1.29, 1.82) is 0 Å². The zero-order valence-corrected chi connectivity index (χ0v) is 16.1. The van der Waals surface area contributed by atoms with Gasteiger partial charge in [0.25, 0.3) is 0 Å². The minimum atomic E-state index is -0.879. The summed E-state index contributed by atoms with van der Waals surface area (Å²) in [4.78, 5) is 20.4. The maximum absolute atomic E-state index is 10.2. The molecule has 0 bridgehead atoms. The number of hydrogen-bond donors (Lipinski definition) is 2. The summed E-state index contributed by atoms with van der Waals surface area (Å²) in [6, 6.07) is 33.7. The molecule has 0 aliphatic heterocycles. The molecule has 0 saturated carbocycles. The van der Waals surface area contributed by atoms with E-state index in [-0.39, 0.29) is 0 Å². The first-order valence-corrected chi connectivity index (χ1v) is 9.33. The van der Waals surface area contributed by atoms with Gasteiger partial charge in [0, 0.05) is 0 Å². The second-order valence-electron chi connectivity index (χ2n) is 6.43. The van der Waals surface area contributed by atoms with Gasteiger partial charge in [0.05, 0.1) is 11.1 Å². The Morgan fingerprint density at radius 1 is 0.400 bits per heavy atom. The monoisotopic (exact) mass is 396 g/mol. The van der Waals surface area contributed by atoms with Gasteiger partial charge in [-0.2, -0.15) is 0 Å². The van der Waals surface area contributed by atoms with Gasteiger partial charge in [-0.15, -0.1) is 0 Å². The molecule has 0 fully saturated rings. The van der Waals surface area contributed by atoms with Gasteiger partial charge < -0.3 is 10.2 Å². The number of carboxylic acid groups (broad SMARTS) is 2. The molecule has 1 aliphatic carbocycles. The summed E-state index contributed by atoms with van der Waals surface area (Å²) in [6.07, 6.45) is 0. The Hall–Kier alpha value is -4.18. The van der Waals surface area contributed by atoms with E-state index in [9.17, 15) is 9.59 Å². The van der Waals surface area contributed by atoms with E-state index in [1.807, 2.05) is 0 Å². The van der Waals surface area contributed by atoms with Crippen LogP contribution in [-0.2, 0) is 0 Å². The number of carbonyl (C=O) groups is 2. The highest BCUT2D eigenvalue weighted by Crippen LogP contribution is 2.11. The van der Waals surface area contributed by atoms with Crippen LogP contribution in [0.5, 0.6) is 0 Å². The second-order valence-corrected chi connectivity index (χ2v) is 6.43. The molecule has 1 aliphatic rings. The van der Waals surface area contributed by atoms with Crippen LogP contribution in [-0.4, -0.2) is 22.2 Å². The lowest BCUT2D eigenvalue weighted by Crippen LogP contribution is -1.93.